The molecule has 0 aliphatic rings. The molecule has 1 amide bonds. The fourth-order valence-electron chi connectivity index (χ4n) is 0.782. The molecule has 4 heteroatoms. The van der Waals surface area contributed by atoms with Gasteiger partial charge in [-0.05, 0) is 26.8 Å². The molecule has 0 heterocycles. The smallest absolute Gasteiger partial charge is 0.233 e. The highest BCUT2D eigenvalue weighted by Crippen LogP contribution is 2.10. The first-order valence-corrected chi connectivity index (χ1v) is 4.48. The van der Waals surface area contributed by atoms with Crippen LogP contribution in [0.5, 0.6) is 0 Å². The van der Waals surface area contributed by atoms with Crippen LogP contribution < -0.4 is 10.6 Å². The molecule has 4 nitrogen and oxygen atoms in total. The summed E-state index contributed by atoms with van der Waals surface area (Å²) < 4.78 is 5.23. The number of hydrogen-bond donors (Lipinski definition) is 2. The fraction of sp³-hybridized carbons (Fsp3) is 0.889. The van der Waals surface area contributed by atoms with Crippen molar-refractivity contribution in [1.82, 2.24) is 10.6 Å². The molecule has 0 aromatic heterocycles. The predicted octanol–water partition coefficient (Wildman–Crippen LogP) is 0.137. The lowest BCUT2D eigenvalue weighted by atomic mass is 10.1. The van der Waals surface area contributed by atoms with E-state index in [4.69, 9.17) is 4.74 Å². The van der Waals surface area contributed by atoms with Crippen LogP contribution in [0.3, 0.4) is 0 Å². The molecule has 0 aliphatic heterocycles. The Labute approximate surface area is 80.0 Å². The number of ether oxygens (including phenoxy) is 1. The van der Waals surface area contributed by atoms with Crippen molar-refractivity contribution < 1.29 is 9.53 Å². The first-order valence-electron chi connectivity index (χ1n) is 4.48. The standard InChI is InChI=1S/C9H20N2O2/c1-9(2,13-4)5-6-11-7-8(12)10-3/h11H,5-7H2,1-4H3,(H,10,12). The van der Waals surface area contributed by atoms with Crippen LogP contribution in [-0.4, -0.2) is 38.8 Å². The SMILES string of the molecule is CNC(=O)CNCCC(C)(C)OC. The van der Waals surface area contributed by atoms with Crippen molar-refractivity contribution in [2.75, 3.05) is 27.2 Å². The number of carbonyl (C=O) groups is 1. The maximum atomic E-state index is 10.8. The average molecular weight is 188 g/mol. The highest BCUT2D eigenvalue weighted by molar-refractivity contribution is 5.77. The van der Waals surface area contributed by atoms with Crippen LogP contribution >= 0.6 is 0 Å². The van der Waals surface area contributed by atoms with Gasteiger partial charge in [-0.3, -0.25) is 4.79 Å². The highest BCUT2D eigenvalue weighted by atomic mass is 16.5. The van der Waals surface area contributed by atoms with Crippen LogP contribution in [0.15, 0.2) is 0 Å². The Bertz CT molecular complexity index is 158. The van der Waals surface area contributed by atoms with Gasteiger partial charge < -0.3 is 15.4 Å². The molecular formula is C9H20N2O2. The summed E-state index contributed by atoms with van der Waals surface area (Å²) in [6.07, 6.45) is 0.889. The van der Waals surface area contributed by atoms with E-state index >= 15 is 0 Å². The zero-order chi connectivity index (χ0) is 10.3. The Hall–Kier alpha value is -0.610. The van der Waals surface area contributed by atoms with E-state index in [1.807, 2.05) is 13.8 Å². The van der Waals surface area contributed by atoms with Gasteiger partial charge in [0, 0.05) is 14.2 Å². The third-order valence-corrected chi connectivity index (χ3v) is 2.02. The maximum absolute atomic E-state index is 10.8. The van der Waals surface area contributed by atoms with Crippen molar-refractivity contribution in [1.29, 1.82) is 0 Å². The van der Waals surface area contributed by atoms with Crippen LogP contribution in [-0.2, 0) is 9.53 Å². The van der Waals surface area contributed by atoms with Crippen molar-refractivity contribution in [3.63, 3.8) is 0 Å². The molecule has 0 unspecified atom stereocenters. The summed E-state index contributed by atoms with van der Waals surface area (Å²) in [6, 6.07) is 0. The molecule has 13 heavy (non-hydrogen) atoms. The van der Waals surface area contributed by atoms with Crippen LogP contribution in [0.1, 0.15) is 20.3 Å². The second-order valence-electron chi connectivity index (χ2n) is 3.56. The fourth-order valence-corrected chi connectivity index (χ4v) is 0.782. The summed E-state index contributed by atoms with van der Waals surface area (Å²) in [5.74, 6) is 0.00947. The zero-order valence-electron chi connectivity index (χ0n) is 8.94. The minimum atomic E-state index is -0.115. The van der Waals surface area contributed by atoms with Crippen LogP contribution in [0.2, 0.25) is 0 Å². The predicted molar refractivity (Wildman–Crippen MR) is 52.6 cm³/mol. The van der Waals surface area contributed by atoms with E-state index in [0.29, 0.717) is 6.54 Å². The van der Waals surface area contributed by atoms with Gasteiger partial charge in [-0.2, -0.15) is 0 Å². The van der Waals surface area contributed by atoms with E-state index in [-0.39, 0.29) is 11.5 Å². The van der Waals surface area contributed by atoms with Crippen LogP contribution in [0, 0.1) is 0 Å². The molecule has 0 saturated carbocycles. The number of amides is 1. The van der Waals surface area contributed by atoms with E-state index in [1.54, 1.807) is 14.2 Å². The minimum absolute atomic E-state index is 0.00947. The van der Waals surface area contributed by atoms with E-state index in [2.05, 4.69) is 10.6 Å². The second kappa shape index (κ2) is 5.94. The van der Waals surface area contributed by atoms with Crippen molar-refractivity contribution in [3.05, 3.63) is 0 Å². The van der Waals surface area contributed by atoms with E-state index in [1.165, 1.54) is 0 Å². The Morgan fingerprint density at radius 2 is 2.08 bits per heavy atom. The summed E-state index contributed by atoms with van der Waals surface area (Å²) in [5, 5.41) is 5.58. The summed E-state index contributed by atoms with van der Waals surface area (Å²) in [7, 11) is 3.32. The molecular weight excluding hydrogens is 168 g/mol. The number of hydrogen-bond acceptors (Lipinski definition) is 3. The van der Waals surface area contributed by atoms with Crippen molar-refractivity contribution in [2.24, 2.45) is 0 Å². The molecule has 0 bridgehead atoms. The maximum Gasteiger partial charge on any atom is 0.233 e. The number of carbonyl (C=O) groups excluding carboxylic acids is 1. The number of likely N-dealkylation sites (N-methyl/N-ethyl adjacent to an activating group) is 1. The molecule has 0 rings (SSSR count). The Kier molecular flexibility index (Phi) is 5.66. The molecule has 0 radical (unpaired) electrons. The van der Waals surface area contributed by atoms with E-state index < -0.39 is 0 Å². The first-order chi connectivity index (χ1) is 6.02. The van der Waals surface area contributed by atoms with E-state index in [9.17, 15) is 4.79 Å². The third-order valence-electron chi connectivity index (χ3n) is 2.02. The molecule has 0 spiro atoms. The van der Waals surface area contributed by atoms with Gasteiger partial charge in [0.15, 0.2) is 0 Å². The van der Waals surface area contributed by atoms with Gasteiger partial charge in [0.1, 0.15) is 0 Å². The lowest BCUT2D eigenvalue weighted by molar-refractivity contribution is -0.119. The Balaban J connectivity index is 3.41. The largest absolute Gasteiger partial charge is 0.379 e. The molecule has 0 saturated heterocycles. The third kappa shape index (κ3) is 6.54. The second-order valence-corrected chi connectivity index (χ2v) is 3.56. The quantitative estimate of drug-likeness (QED) is 0.583. The van der Waals surface area contributed by atoms with Gasteiger partial charge in [0.2, 0.25) is 5.91 Å². The topological polar surface area (TPSA) is 50.4 Å². The number of nitrogens with one attached hydrogen (secondary N) is 2. The highest BCUT2D eigenvalue weighted by Gasteiger charge is 2.14. The zero-order valence-corrected chi connectivity index (χ0v) is 8.94. The van der Waals surface area contributed by atoms with Gasteiger partial charge in [-0.1, -0.05) is 0 Å². The lowest BCUT2D eigenvalue weighted by Crippen LogP contribution is -2.35. The normalized spacial score (nSPS) is 11.4. The van der Waals surface area contributed by atoms with Crippen molar-refractivity contribution in [2.45, 2.75) is 25.9 Å². The summed E-state index contributed by atoms with van der Waals surface area (Å²) in [6.45, 7) is 5.20. The van der Waals surface area contributed by atoms with Gasteiger partial charge in [-0.25, -0.2) is 0 Å². The van der Waals surface area contributed by atoms with Gasteiger partial charge in [-0.15, -0.1) is 0 Å². The lowest BCUT2D eigenvalue weighted by Gasteiger charge is -2.22. The minimum Gasteiger partial charge on any atom is -0.379 e. The van der Waals surface area contributed by atoms with Gasteiger partial charge >= 0.3 is 0 Å². The molecule has 0 atom stereocenters. The molecule has 0 fully saturated rings. The van der Waals surface area contributed by atoms with Crippen molar-refractivity contribution >= 4 is 5.91 Å². The number of rotatable bonds is 6. The van der Waals surface area contributed by atoms with Crippen LogP contribution in [0.4, 0.5) is 0 Å². The monoisotopic (exact) mass is 188 g/mol. The Morgan fingerprint density at radius 1 is 1.46 bits per heavy atom. The van der Waals surface area contributed by atoms with Gasteiger partial charge in [0.25, 0.3) is 0 Å². The molecule has 0 aromatic carbocycles. The molecule has 2 N–H and O–H groups in total. The van der Waals surface area contributed by atoms with E-state index in [0.717, 1.165) is 13.0 Å². The molecule has 0 aliphatic carbocycles. The molecule has 0 aromatic rings. The molecule has 78 valence electrons. The van der Waals surface area contributed by atoms with Crippen molar-refractivity contribution in [3.8, 4) is 0 Å². The number of methoxy groups -OCH3 is 1. The summed E-state index contributed by atoms with van der Waals surface area (Å²) >= 11 is 0. The summed E-state index contributed by atoms with van der Waals surface area (Å²) in [5.41, 5.74) is -0.115. The summed E-state index contributed by atoms with van der Waals surface area (Å²) in [4.78, 5) is 10.8. The first kappa shape index (κ1) is 12.4. The van der Waals surface area contributed by atoms with Gasteiger partial charge in [0.05, 0.1) is 12.1 Å². The van der Waals surface area contributed by atoms with Crippen LogP contribution in [0.25, 0.3) is 0 Å². The average Bonchev–Trinajstić information content (AvgIpc) is 2.12. The Morgan fingerprint density at radius 3 is 2.54 bits per heavy atom.